The predicted octanol–water partition coefficient (Wildman–Crippen LogP) is 4.13. The molecule has 4 heteroatoms. The molecule has 0 aliphatic carbocycles. The summed E-state index contributed by atoms with van der Waals surface area (Å²) in [6, 6.07) is 16.3. The maximum absolute atomic E-state index is 12.5. The van der Waals surface area contributed by atoms with Crippen LogP contribution < -0.4 is 4.74 Å². The Kier molecular flexibility index (Phi) is 3.59. The van der Waals surface area contributed by atoms with E-state index in [-0.39, 0.29) is 10.9 Å². The van der Waals surface area contributed by atoms with Crippen LogP contribution in [-0.4, -0.2) is 17.9 Å². The quantitative estimate of drug-likeness (QED) is 0.539. The van der Waals surface area contributed by atoms with Crippen molar-refractivity contribution >= 4 is 28.3 Å². The average Bonchev–Trinajstić information content (AvgIpc) is 2.53. The Morgan fingerprint density at radius 2 is 1.81 bits per heavy atom. The molecule has 104 valence electrons. The number of rotatable bonds is 3. The summed E-state index contributed by atoms with van der Waals surface area (Å²) in [5, 5.41) is 1.10. The lowest BCUT2D eigenvalue weighted by atomic mass is 10.0. The molecule has 3 nitrogen and oxygen atoms in total. The highest BCUT2D eigenvalue weighted by atomic mass is 35.5. The minimum absolute atomic E-state index is 0.152. The van der Waals surface area contributed by atoms with Gasteiger partial charge in [0.25, 0.3) is 0 Å². The van der Waals surface area contributed by atoms with Gasteiger partial charge in [0.1, 0.15) is 10.9 Å². The molecule has 3 aromatic rings. The number of hydrogen-bond donors (Lipinski definition) is 0. The first kappa shape index (κ1) is 13.6. The number of halogens is 1. The van der Waals surface area contributed by atoms with Crippen LogP contribution in [0.3, 0.4) is 0 Å². The zero-order valence-corrected chi connectivity index (χ0v) is 12.1. The number of pyridine rings is 1. The van der Waals surface area contributed by atoms with Gasteiger partial charge >= 0.3 is 0 Å². The van der Waals surface area contributed by atoms with Crippen molar-refractivity contribution in [1.82, 2.24) is 4.98 Å². The van der Waals surface area contributed by atoms with Crippen molar-refractivity contribution in [1.29, 1.82) is 0 Å². The zero-order chi connectivity index (χ0) is 14.8. The number of ketones is 1. The van der Waals surface area contributed by atoms with Crippen LogP contribution in [0.15, 0.2) is 54.6 Å². The lowest BCUT2D eigenvalue weighted by Gasteiger charge is -2.06. The van der Waals surface area contributed by atoms with Crippen molar-refractivity contribution in [2.45, 2.75) is 0 Å². The van der Waals surface area contributed by atoms with E-state index >= 15 is 0 Å². The highest BCUT2D eigenvalue weighted by Crippen LogP contribution is 2.23. The number of benzene rings is 2. The van der Waals surface area contributed by atoms with Crippen molar-refractivity contribution in [3.8, 4) is 5.75 Å². The Balaban J connectivity index is 2.05. The predicted molar refractivity (Wildman–Crippen MR) is 83.2 cm³/mol. The highest BCUT2D eigenvalue weighted by molar-refractivity contribution is 6.34. The third-order valence-corrected chi connectivity index (χ3v) is 3.56. The van der Waals surface area contributed by atoms with Crippen molar-refractivity contribution < 1.29 is 9.53 Å². The molecule has 3 rings (SSSR count). The number of methoxy groups -OCH3 is 1. The van der Waals surface area contributed by atoms with E-state index in [4.69, 9.17) is 16.3 Å². The first-order valence-corrected chi connectivity index (χ1v) is 6.81. The molecule has 0 saturated heterocycles. The first-order valence-electron chi connectivity index (χ1n) is 6.43. The van der Waals surface area contributed by atoms with Gasteiger partial charge in [-0.15, -0.1) is 0 Å². The summed E-state index contributed by atoms with van der Waals surface area (Å²) in [6.45, 7) is 0. The summed E-state index contributed by atoms with van der Waals surface area (Å²) in [5.74, 6) is 0.551. The van der Waals surface area contributed by atoms with E-state index in [1.165, 1.54) is 0 Å². The largest absolute Gasteiger partial charge is 0.497 e. The summed E-state index contributed by atoms with van der Waals surface area (Å²) in [4.78, 5) is 16.8. The fourth-order valence-corrected chi connectivity index (χ4v) is 2.38. The summed E-state index contributed by atoms with van der Waals surface area (Å²) >= 11 is 6.15. The van der Waals surface area contributed by atoms with E-state index in [2.05, 4.69) is 4.98 Å². The van der Waals surface area contributed by atoms with Gasteiger partial charge in [-0.25, -0.2) is 4.98 Å². The topological polar surface area (TPSA) is 39.2 Å². The van der Waals surface area contributed by atoms with Crippen LogP contribution in [0.25, 0.3) is 10.9 Å². The number of carbonyl (C=O) groups excluding carboxylic acids is 1. The third kappa shape index (κ3) is 2.60. The van der Waals surface area contributed by atoms with Gasteiger partial charge in [-0.2, -0.15) is 0 Å². The molecule has 0 spiro atoms. The molecule has 0 bridgehead atoms. The summed E-state index contributed by atoms with van der Waals surface area (Å²) in [6.07, 6.45) is 0. The minimum atomic E-state index is -0.152. The number of hydrogen-bond acceptors (Lipinski definition) is 3. The molecule has 0 saturated carbocycles. The molecule has 2 aromatic carbocycles. The van der Waals surface area contributed by atoms with E-state index in [1.807, 2.05) is 24.3 Å². The maximum atomic E-state index is 12.5. The lowest BCUT2D eigenvalue weighted by Crippen LogP contribution is -2.03. The molecular weight excluding hydrogens is 286 g/mol. The van der Waals surface area contributed by atoms with Crippen molar-refractivity contribution in [3.05, 3.63) is 70.9 Å². The van der Waals surface area contributed by atoms with Crippen LogP contribution in [0.1, 0.15) is 15.9 Å². The van der Waals surface area contributed by atoms with E-state index in [9.17, 15) is 4.79 Å². The van der Waals surface area contributed by atoms with E-state index < -0.39 is 0 Å². The summed E-state index contributed by atoms with van der Waals surface area (Å²) in [7, 11) is 1.58. The van der Waals surface area contributed by atoms with Crippen LogP contribution in [0.2, 0.25) is 5.15 Å². The van der Waals surface area contributed by atoms with E-state index in [0.29, 0.717) is 16.9 Å². The van der Waals surface area contributed by atoms with Gasteiger partial charge in [0, 0.05) is 10.9 Å². The standard InChI is InChI=1S/C17H12ClNO2/c1-21-13-8-6-11(7-9-13)16(20)14-10-12-4-2-3-5-15(12)19-17(14)18/h2-10H,1H3. The number of para-hydroxylation sites is 1. The number of aromatic nitrogens is 1. The minimum Gasteiger partial charge on any atom is -0.497 e. The smallest absolute Gasteiger partial charge is 0.196 e. The van der Waals surface area contributed by atoms with E-state index in [0.717, 1.165) is 10.9 Å². The number of ether oxygens (including phenoxy) is 1. The zero-order valence-electron chi connectivity index (χ0n) is 11.3. The van der Waals surface area contributed by atoms with Gasteiger partial charge in [-0.3, -0.25) is 4.79 Å². The Morgan fingerprint density at radius 1 is 1.10 bits per heavy atom. The first-order chi connectivity index (χ1) is 10.2. The van der Waals surface area contributed by atoms with E-state index in [1.54, 1.807) is 37.4 Å². The lowest BCUT2D eigenvalue weighted by molar-refractivity contribution is 0.103. The van der Waals surface area contributed by atoms with Gasteiger partial charge in [-0.05, 0) is 36.4 Å². The van der Waals surface area contributed by atoms with Gasteiger partial charge in [-0.1, -0.05) is 29.8 Å². The molecule has 1 heterocycles. The average molecular weight is 298 g/mol. The Morgan fingerprint density at radius 3 is 2.52 bits per heavy atom. The molecule has 0 aliphatic heterocycles. The fraction of sp³-hybridized carbons (Fsp3) is 0.0588. The maximum Gasteiger partial charge on any atom is 0.196 e. The third-order valence-electron chi connectivity index (χ3n) is 3.27. The summed E-state index contributed by atoms with van der Waals surface area (Å²) in [5.41, 5.74) is 1.73. The molecule has 21 heavy (non-hydrogen) atoms. The monoisotopic (exact) mass is 297 g/mol. The number of nitrogens with zero attached hydrogens (tertiary/aromatic N) is 1. The normalized spacial score (nSPS) is 10.6. The van der Waals surface area contributed by atoms with Crippen LogP contribution >= 0.6 is 11.6 Å². The molecule has 0 unspecified atom stereocenters. The molecule has 0 radical (unpaired) electrons. The van der Waals surface area contributed by atoms with Crippen LogP contribution in [0.5, 0.6) is 5.75 Å². The van der Waals surface area contributed by atoms with Crippen molar-refractivity contribution in [2.24, 2.45) is 0 Å². The molecule has 0 N–H and O–H groups in total. The molecule has 0 amide bonds. The van der Waals surface area contributed by atoms with Gasteiger partial charge in [0.15, 0.2) is 5.78 Å². The second-order valence-corrected chi connectivity index (χ2v) is 4.94. The summed E-state index contributed by atoms with van der Waals surface area (Å²) < 4.78 is 5.09. The Labute approximate surface area is 127 Å². The molecular formula is C17H12ClNO2. The molecule has 1 aromatic heterocycles. The Bertz CT molecular complexity index is 813. The van der Waals surface area contributed by atoms with Crippen LogP contribution in [0.4, 0.5) is 0 Å². The second kappa shape index (κ2) is 5.54. The fourth-order valence-electron chi connectivity index (χ4n) is 2.15. The number of carbonyl (C=O) groups is 1. The van der Waals surface area contributed by atoms with Gasteiger partial charge < -0.3 is 4.74 Å². The van der Waals surface area contributed by atoms with Crippen LogP contribution in [-0.2, 0) is 0 Å². The van der Waals surface area contributed by atoms with Gasteiger partial charge in [0.05, 0.1) is 18.2 Å². The Hall–Kier alpha value is -2.39. The van der Waals surface area contributed by atoms with Crippen LogP contribution in [0, 0.1) is 0 Å². The van der Waals surface area contributed by atoms with Gasteiger partial charge in [0.2, 0.25) is 0 Å². The highest BCUT2D eigenvalue weighted by Gasteiger charge is 2.15. The molecule has 0 aliphatic rings. The molecule has 0 atom stereocenters. The number of fused-ring (bicyclic) bond motifs is 1. The second-order valence-electron chi connectivity index (χ2n) is 4.58. The SMILES string of the molecule is COc1ccc(C(=O)c2cc3ccccc3nc2Cl)cc1. The van der Waals surface area contributed by atoms with Crippen molar-refractivity contribution in [2.75, 3.05) is 7.11 Å². The van der Waals surface area contributed by atoms with Crippen molar-refractivity contribution in [3.63, 3.8) is 0 Å². The molecule has 0 fully saturated rings.